The van der Waals surface area contributed by atoms with Crippen molar-refractivity contribution in [2.24, 2.45) is 0 Å². The van der Waals surface area contributed by atoms with Crippen molar-refractivity contribution in [1.29, 1.82) is 0 Å². The summed E-state index contributed by atoms with van der Waals surface area (Å²) < 4.78 is 6.04. The number of rotatable bonds is 9. The number of amides is 1. The summed E-state index contributed by atoms with van der Waals surface area (Å²) in [6.07, 6.45) is 5.21. The van der Waals surface area contributed by atoms with Gasteiger partial charge in [-0.2, -0.15) is 0 Å². The SMILES string of the molecule is CN(Cc1ccc(OCCN2CCN(C(=O)C3CCCCN3C)CC2)cc1)Cc1ccc2ncccc2c1. The van der Waals surface area contributed by atoms with Crippen molar-refractivity contribution in [3.8, 4) is 5.75 Å². The molecule has 2 aliphatic heterocycles. The van der Waals surface area contributed by atoms with Gasteiger partial charge in [0, 0.05) is 57.4 Å². The molecule has 1 unspecified atom stereocenters. The van der Waals surface area contributed by atoms with E-state index < -0.39 is 0 Å². The van der Waals surface area contributed by atoms with Gasteiger partial charge >= 0.3 is 0 Å². The van der Waals surface area contributed by atoms with Crippen molar-refractivity contribution in [3.63, 3.8) is 0 Å². The van der Waals surface area contributed by atoms with Crippen molar-refractivity contribution in [2.75, 3.05) is 60.0 Å². The molecule has 3 aromatic rings. The zero-order chi connectivity index (χ0) is 26.3. The topological polar surface area (TPSA) is 52.2 Å². The van der Waals surface area contributed by atoms with E-state index in [0.717, 1.165) is 70.0 Å². The lowest BCUT2D eigenvalue weighted by atomic mass is 10.0. The van der Waals surface area contributed by atoms with E-state index in [1.54, 1.807) is 0 Å². The highest BCUT2D eigenvalue weighted by molar-refractivity contribution is 5.82. The first kappa shape index (κ1) is 26.6. The molecule has 7 nitrogen and oxygen atoms in total. The average Bonchev–Trinajstić information content (AvgIpc) is 2.94. The van der Waals surface area contributed by atoms with Crippen LogP contribution in [0.3, 0.4) is 0 Å². The molecule has 7 heteroatoms. The molecule has 0 aliphatic carbocycles. The molecule has 0 N–H and O–H groups in total. The van der Waals surface area contributed by atoms with Crippen LogP contribution in [-0.2, 0) is 17.9 Å². The number of likely N-dealkylation sites (N-methyl/N-ethyl adjacent to an activating group) is 1. The molecule has 5 rings (SSSR count). The number of piperidine rings is 1. The predicted octanol–water partition coefficient (Wildman–Crippen LogP) is 3.87. The van der Waals surface area contributed by atoms with Gasteiger partial charge in [-0.25, -0.2) is 0 Å². The zero-order valence-corrected chi connectivity index (χ0v) is 22.9. The lowest BCUT2D eigenvalue weighted by Crippen LogP contribution is -2.55. The first-order valence-electron chi connectivity index (χ1n) is 14.0. The van der Waals surface area contributed by atoms with Crippen LogP contribution in [0.5, 0.6) is 5.75 Å². The number of carbonyl (C=O) groups excluding carboxylic acids is 1. The number of nitrogens with zero attached hydrogens (tertiary/aromatic N) is 5. The number of pyridine rings is 1. The van der Waals surface area contributed by atoms with Crippen LogP contribution < -0.4 is 4.74 Å². The molecule has 0 bridgehead atoms. The summed E-state index contributed by atoms with van der Waals surface area (Å²) >= 11 is 0. The van der Waals surface area contributed by atoms with Crippen LogP contribution >= 0.6 is 0 Å². The first-order valence-corrected chi connectivity index (χ1v) is 14.0. The van der Waals surface area contributed by atoms with Gasteiger partial charge in [-0.15, -0.1) is 0 Å². The van der Waals surface area contributed by atoms with Crippen molar-refractivity contribution >= 4 is 16.8 Å². The molecule has 1 aromatic heterocycles. The maximum absolute atomic E-state index is 12.9. The summed E-state index contributed by atoms with van der Waals surface area (Å²) in [7, 11) is 4.24. The molecule has 0 radical (unpaired) electrons. The molecule has 2 aliphatic rings. The molecule has 38 heavy (non-hydrogen) atoms. The lowest BCUT2D eigenvalue weighted by Gasteiger charge is -2.39. The third kappa shape index (κ3) is 6.90. The number of likely N-dealkylation sites (tertiary alicyclic amines) is 1. The van der Waals surface area contributed by atoms with E-state index in [0.29, 0.717) is 12.5 Å². The van der Waals surface area contributed by atoms with Crippen molar-refractivity contribution in [2.45, 2.75) is 38.4 Å². The Morgan fingerprint density at radius 3 is 2.53 bits per heavy atom. The van der Waals surface area contributed by atoms with Crippen molar-refractivity contribution < 1.29 is 9.53 Å². The predicted molar refractivity (Wildman–Crippen MR) is 152 cm³/mol. The van der Waals surface area contributed by atoms with Crippen molar-refractivity contribution in [1.82, 2.24) is 24.6 Å². The van der Waals surface area contributed by atoms with E-state index in [4.69, 9.17) is 4.74 Å². The molecule has 2 saturated heterocycles. The monoisotopic (exact) mass is 515 g/mol. The fourth-order valence-electron chi connectivity index (χ4n) is 5.68. The summed E-state index contributed by atoms with van der Waals surface area (Å²) in [6.45, 7) is 7.84. The summed E-state index contributed by atoms with van der Waals surface area (Å²) in [5.41, 5.74) is 3.60. The van der Waals surface area contributed by atoms with Gasteiger partial charge in [0.05, 0.1) is 11.6 Å². The summed E-state index contributed by atoms with van der Waals surface area (Å²) in [4.78, 5) is 26.4. The Hall–Kier alpha value is -3.00. The van der Waals surface area contributed by atoms with E-state index in [-0.39, 0.29) is 6.04 Å². The highest BCUT2D eigenvalue weighted by atomic mass is 16.5. The standard InChI is InChI=1S/C31H41N5O2/c1-33(24-26-10-13-29-27(22-26)6-5-14-32-29)23-25-8-11-28(12-9-25)38-21-20-35-16-18-36(19-17-35)31(37)30-7-3-4-15-34(30)2/h5-6,8-14,22,30H,3-4,7,15-21,23-24H2,1-2H3. The van der Waals surface area contributed by atoms with Crippen LogP contribution in [0.25, 0.3) is 10.9 Å². The number of fused-ring (bicyclic) bond motifs is 1. The van der Waals surface area contributed by atoms with Gasteiger partial charge in [-0.05, 0) is 74.9 Å². The van der Waals surface area contributed by atoms with Gasteiger partial charge in [0.15, 0.2) is 0 Å². The third-order valence-electron chi connectivity index (χ3n) is 7.91. The minimum atomic E-state index is 0.0811. The van der Waals surface area contributed by atoms with Gasteiger partial charge in [0.2, 0.25) is 5.91 Å². The van der Waals surface area contributed by atoms with Crippen LogP contribution in [0.1, 0.15) is 30.4 Å². The molecule has 2 fully saturated rings. The van der Waals surface area contributed by atoms with E-state index in [1.807, 2.05) is 12.3 Å². The number of ether oxygens (including phenoxy) is 1. The second-order valence-electron chi connectivity index (χ2n) is 10.9. The Kier molecular flexibility index (Phi) is 8.89. The number of hydrogen-bond donors (Lipinski definition) is 0. The van der Waals surface area contributed by atoms with Crippen LogP contribution in [0.15, 0.2) is 60.8 Å². The second-order valence-corrected chi connectivity index (χ2v) is 10.9. The molecular formula is C31H41N5O2. The van der Waals surface area contributed by atoms with Crippen LogP contribution in [-0.4, -0.2) is 96.5 Å². The van der Waals surface area contributed by atoms with E-state index in [1.165, 1.54) is 29.4 Å². The van der Waals surface area contributed by atoms with Gasteiger partial charge in [-0.1, -0.05) is 30.7 Å². The molecular weight excluding hydrogens is 474 g/mol. The quantitative estimate of drug-likeness (QED) is 0.431. The van der Waals surface area contributed by atoms with Crippen molar-refractivity contribution in [3.05, 3.63) is 71.9 Å². The number of hydrogen-bond acceptors (Lipinski definition) is 6. The number of carbonyl (C=O) groups is 1. The van der Waals surface area contributed by atoms with Crippen LogP contribution in [0.2, 0.25) is 0 Å². The Bertz CT molecular complexity index is 1190. The van der Waals surface area contributed by atoms with Crippen LogP contribution in [0, 0.1) is 0 Å². The molecule has 3 heterocycles. The third-order valence-corrected chi connectivity index (χ3v) is 7.91. The molecule has 2 aromatic carbocycles. The summed E-state index contributed by atoms with van der Waals surface area (Å²) in [5, 5.41) is 1.18. The first-order chi connectivity index (χ1) is 18.5. The van der Waals surface area contributed by atoms with E-state index in [9.17, 15) is 4.79 Å². The minimum Gasteiger partial charge on any atom is -0.492 e. The average molecular weight is 516 g/mol. The Labute approximate surface area is 227 Å². The number of aromatic nitrogens is 1. The molecule has 1 atom stereocenters. The normalized spacial score (nSPS) is 19.2. The fourth-order valence-corrected chi connectivity index (χ4v) is 5.68. The highest BCUT2D eigenvalue weighted by Crippen LogP contribution is 2.19. The van der Waals surface area contributed by atoms with Gasteiger partial charge in [-0.3, -0.25) is 24.5 Å². The zero-order valence-electron chi connectivity index (χ0n) is 22.9. The Morgan fingerprint density at radius 1 is 0.974 bits per heavy atom. The van der Waals surface area contributed by atoms with E-state index in [2.05, 4.69) is 87.2 Å². The Balaban J connectivity index is 1.01. The fraction of sp³-hybridized carbons (Fsp3) is 0.484. The smallest absolute Gasteiger partial charge is 0.240 e. The number of benzene rings is 2. The maximum atomic E-state index is 12.9. The van der Waals surface area contributed by atoms with E-state index >= 15 is 0 Å². The molecule has 0 saturated carbocycles. The van der Waals surface area contributed by atoms with Gasteiger partial charge in [0.25, 0.3) is 0 Å². The Morgan fingerprint density at radius 2 is 1.74 bits per heavy atom. The summed E-state index contributed by atoms with van der Waals surface area (Å²) in [5.74, 6) is 1.23. The van der Waals surface area contributed by atoms with Gasteiger partial charge < -0.3 is 9.64 Å². The number of piperazine rings is 1. The maximum Gasteiger partial charge on any atom is 0.240 e. The van der Waals surface area contributed by atoms with Crippen LogP contribution in [0.4, 0.5) is 0 Å². The lowest BCUT2D eigenvalue weighted by molar-refractivity contribution is -0.139. The molecule has 202 valence electrons. The second kappa shape index (κ2) is 12.7. The molecule has 0 spiro atoms. The molecule has 1 amide bonds. The largest absolute Gasteiger partial charge is 0.492 e. The van der Waals surface area contributed by atoms with Gasteiger partial charge in [0.1, 0.15) is 12.4 Å². The summed E-state index contributed by atoms with van der Waals surface area (Å²) in [6, 6.07) is 19.1. The highest BCUT2D eigenvalue weighted by Gasteiger charge is 2.31. The minimum absolute atomic E-state index is 0.0811.